The summed E-state index contributed by atoms with van der Waals surface area (Å²) < 4.78 is 4.89. The summed E-state index contributed by atoms with van der Waals surface area (Å²) in [4.78, 5) is 30.2. The van der Waals surface area contributed by atoms with Gasteiger partial charge in [0.15, 0.2) is 0 Å². The van der Waals surface area contributed by atoms with Crippen LogP contribution in [0.25, 0.3) is 0 Å². The first-order chi connectivity index (χ1) is 10.1. The second-order valence-corrected chi connectivity index (χ2v) is 6.34. The third-order valence-electron chi connectivity index (χ3n) is 4.12. The molecule has 0 aliphatic carbocycles. The molecule has 7 heteroatoms. The van der Waals surface area contributed by atoms with Crippen LogP contribution >= 0.6 is 11.3 Å². The highest BCUT2D eigenvalue weighted by molar-refractivity contribution is 7.11. The van der Waals surface area contributed by atoms with E-state index in [0.29, 0.717) is 18.5 Å². The van der Waals surface area contributed by atoms with E-state index in [1.165, 1.54) is 0 Å². The standard InChI is InChI=1S/C14H18N2O4S/c1-2-20-14(19)12-15-11(7-21-12)13(18)16-8-3-4-9(16)6-10(17)5-8/h7-10,17H,2-6H2,1H3. The van der Waals surface area contributed by atoms with Crippen molar-refractivity contribution in [2.45, 2.75) is 50.8 Å². The highest BCUT2D eigenvalue weighted by atomic mass is 32.1. The van der Waals surface area contributed by atoms with E-state index in [9.17, 15) is 14.7 Å². The number of piperidine rings is 1. The van der Waals surface area contributed by atoms with Gasteiger partial charge in [-0.25, -0.2) is 9.78 Å². The van der Waals surface area contributed by atoms with E-state index in [1.807, 2.05) is 4.90 Å². The van der Waals surface area contributed by atoms with Crippen LogP contribution in [0.3, 0.4) is 0 Å². The van der Waals surface area contributed by atoms with Crippen molar-refractivity contribution in [1.82, 2.24) is 9.88 Å². The fourth-order valence-corrected chi connectivity index (χ4v) is 3.95. The molecule has 1 amide bonds. The van der Waals surface area contributed by atoms with Gasteiger partial charge in [-0.2, -0.15) is 0 Å². The summed E-state index contributed by atoms with van der Waals surface area (Å²) in [6.45, 7) is 2.02. The van der Waals surface area contributed by atoms with E-state index in [2.05, 4.69) is 4.98 Å². The van der Waals surface area contributed by atoms with Crippen LogP contribution in [-0.4, -0.2) is 51.7 Å². The predicted octanol–water partition coefficient (Wildman–Crippen LogP) is 1.45. The number of aromatic nitrogens is 1. The molecule has 3 rings (SSSR count). The summed E-state index contributed by atoms with van der Waals surface area (Å²) >= 11 is 1.13. The molecule has 2 aliphatic rings. The van der Waals surface area contributed by atoms with Gasteiger partial charge in [0.05, 0.1) is 12.7 Å². The first kappa shape index (κ1) is 14.5. The van der Waals surface area contributed by atoms with Crippen molar-refractivity contribution >= 4 is 23.2 Å². The molecular weight excluding hydrogens is 292 g/mol. The van der Waals surface area contributed by atoms with E-state index in [4.69, 9.17) is 4.74 Å². The monoisotopic (exact) mass is 310 g/mol. The number of carbonyl (C=O) groups is 2. The lowest BCUT2D eigenvalue weighted by molar-refractivity contribution is 0.0283. The SMILES string of the molecule is CCOC(=O)c1nc(C(=O)N2C3CCC2CC(O)C3)cs1. The van der Waals surface area contributed by atoms with Crippen LogP contribution in [-0.2, 0) is 4.74 Å². The predicted molar refractivity (Wildman–Crippen MR) is 76.3 cm³/mol. The molecule has 6 nitrogen and oxygen atoms in total. The van der Waals surface area contributed by atoms with E-state index in [-0.39, 0.29) is 35.7 Å². The number of hydrogen-bond donors (Lipinski definition) is 1. The Morgan fingerprint density at radius 3 is 2.71 bits per heavy atom. The Kier molecular flexibility index (Phi) is 3.95. The Morgan fingerprint density at radius 1 is 1.43 bits per heavy atom. The summed E-state index contributed by atoms with van der Waals surface area (Å²) in [7, 11) is 0. The minimum atomic E-state index is -0.487. The van der Waals surface area contributed by atoms with E-state index < -0.39 is 5.97 Å². The molecule has 0 saturated carbocycles. The summed E-state index contributed by atoms with van der Waals surface area (Å²) in [6, 6.07) is 0.193. The maximum absolute atomic E-state index is 12.6. The third kappa shape index (κ3) is 2.67. The van der Waals surface area contributed by atoms with E-state index in [1.54, 1.807) is 12.3 Å². The molecule has 0 radical (unpaired) electrons. The number of aliphatic hydroxyl groups is 1. The van der Waals surface area contributed by atoms with Gasteiger partial charge >= 0.3 is 5.97 Å². The number of thiazole rings is 1. The summed E-state index contributed by atoms with van der Waals surface area (Å²) in [6.07, 6.45) is 2.83. The van der Waals surface area contributed by atoms with E-state index >= 15 is 0 Å². The molecule has 21 heavy (non-hydrogen) atoms. The van der Waals surface area contributed by atoms with Crippen molar-refractivity contribution in [2.75, 3.05) is 6.61 Å². The number of aliphatic hydroxyl groups excluding tert-OH is 1. The second kappa shape index (κ2) is 5.73. The lowest BCUT2D eigenvalue weighted by atomic mass is 9.99. The van der Waals surface area contributed by atoms with Crippen molar-refractivity contribution in [3.05, 3.63) is 16.1 Å². The normalized spacial score (nSPS) is 27.7. The molecule has 3 heterocycles. The number of ether oxygens (including phenoxy) is 1. The Labute approximate surface area is 126 Å². The minimum absolute atomic E-state index is 0.0963. The third-order valence-corrected chi connectivity index (χ3v) is 4.94. The van der Waals surface area contributed by atoms with Crippen molar-refractivity contribution < 1.29 is 19.4 Å². The summed E-state index contributed by atoms with van der Waals surface area (Å²) in [5.74, 6) is -0.625. The molecule has 1 aromatic heterocycles. The lowest BCUT2D eigenvalue weighted by Gasteiger charge is -2.36. The average Bonchev–Trinajstić information content (AvgIpc) is 3.03. The highest BCUT2D eigenvalue weighted by Gasteiger charge is 2.43. The van der Waals surface area contributed by atoms with Crippen LogP contribution in [0.15, 0.2) is 5.38 Å². The van der Waals surface area contributed by atoms with Gasteiger partial charge in [0.1, 0.15) is 5.69 Å². The zero-order valence-corrected chi connectivity index (χ0v) is 12.6. The van der Waals surface area contributed by atoms with Crippen LogP contribution < -0.4 is 0 Å². The molecule has 2 saturated heterocycles. The molecule has 2 bridgehead atoms. The van der Waals surface area contributed by atoms with Gasteiger partial charge in [0, 0.05) is 17.5 Å². The van der Waals surface area contributed by atoms with Gasteiger partial charge in [-0.3, -0.25) is 4.79 Å². The molecule has 0 spiro atoms. The Bertz CT molecular complexity index is 545. The summed E-state index contributed by atoms with van der Waals surface area (Å²) in [5, 5.41) is 11.6. The lowest BCUT2D eigenvalue weighted by Crippen LogP contribution is -2.48. The molecule has 2 atom stereocenters. The molecule has 0 aromatic carbocycles. The van der Waals surface area contributed by atoms with Crippen LogP contribution in [0.4, 0.5) is 0 Å². The van der Waals surface area contributed by atoms with Crippen molar-refractivity contribution in [3.63, 3.8) is 0 Å². The zero-order valence-electron chi connectivity index (χ0n) is 11.8. The van der Waals surface area contributed by atoms with Crippen molar-refractivity contribution in [3.8, 4) is 0 Å². The number of amides is 1. The molecule has 2 aliphatic heterocycles. The van der Waals surface area contributed by atoms with Gasteiger partial charge in [0.25, 0.3) is 5.91 Å². The number of nitrogens with zero attached hydrogens (tertiary/aromatic N) is 2. The molecular formula is C14H18N2O4S. The van der Waals surface area contributed by atoms with Gasteiger partial charge in [0.2, 0.25) is 5.01 Å². The summed E-state index contributed by atoms with van der Waals surface area (Å²) in [5.41, 5.74) is 0.302. The zero-order chi connectivity index (χ0) is 15.0. The number of fused-ring (bicyclic) bond motifs is 2. The minimum Gasteiger partial charge on any atom is -0.461 e. The molecule has 1 N–H and O–H groups in total. The van der Waals surface area contributed by atoms with Crippen LogP contribution in [0.5, 0.6) is 0 Å². The van der Waals surface area contributed by atoms with Crippen molar-refractivity contribution in [2.24, 2.45) is 0 Å². The highest BCUT2D eigenvalue weighted by Crippen LogP contribution is 2.36. The topological polar surface area (TPSA) is 79.7 Å². The van der Waals surface area contributed by atoms with Gasteiger partial charge in [-0.15, -0.1) is 11.3 Å². The van der Waals surface area contributed by atoms with Crippen LogP contribution in [0.1, 0.15) is 52.9 Å². The number of esters is 1. The van der Waals surface area contributed by atoms with Gasteiger partial charge in [-0.1, -0.05) is 0 Å². The molecule has 2 unspecified atom stereocenters. The first-order valence-electron chi connectivity index (χ1n) is 7.23. The molecule has 1 aromatic rings. The second-order valence-electron chi connectivity index (χ2n) is 5.48. The largest absolute Gasteiger partial charge is 0.461 e. The van der Waals surface area contributed by atoms with Crippen molar-refractivity contribution in [1.29, 1.82) is 0 Å². The fourth-order valence-electron chi connectivity index (χ4n) is 3.27. The smallest absolute Gasteiger partial charge is 0.367 e. The maximum atomic E-state index is 12.6. The van der Waals surface area contributed by atoms with E-state index in [0.717, 1.165) is 24.2 Å². The number of hydrogen-bond acceptors (Lipinski definition) is 6. The quantitative estimate of drug-likeness (QED) is 0.855. The van der Waals surface area contributed by atoms with Crippen LogP contribution in [0.2, 0.25) is 0 Å². The fraction of sp³-hybridized carbons (Fsp3) is 0.643. The van der Waals surface area contributed by atoms with Crippen LogP contribution in [0, 0.1) is 0 Å². The Morgan fingerprint density at radius 2 is 2.10 bits per heavy atom. The first-order valence-corrected chi connectivity index (χ1v) is 8.11. The van der Waals surface area contributed by atoms with Gasteiger partial charge in [-0.05, 0) is 32.6 Å². The molecule has 114 valence electrons. The number of rotatable bonds is 3. The maximum Gasteiger partial charge on any atom is 0.367 e. The number of carbonyl (C=O) groups excluding carboxylic acids is 2. The Hall–Kier alpha value is -1.47. The Balaban J connectivity index is 1.76. The van der Waals surface area contributed by atoms with Gasteiger partial charge < -0.3 is 14.7 Å². The average molecular weight is 310 g/mol. The molecule has 2 fully saturated rings.